The number of aryl methyl sites for hydroxylation is 1. The van der Waals surface area contributed by atoms with E-state index < -0.39 is 17.8 Å². The molecule has 5 rings (SSSR count). The van der Waals surface area contributed by atoms with Gasteiger partial charge in [-0.25, -0.2) is 4.79 Å². The first kappa shape index (κ1) is 18.4. The second-order valence-corrected chi connectivity index (χ2v) is 7.63. The van der Waals surface area contributed by atoms with Gasteiger partial charge in [0.1, 0.15) is 17.1 Å². The number of carbonyl (C=O) groups is 2. The van der Waals surface area contributed by atoms with Gasteiger partial charge >= 0.3 is 6.03 Å². The summed E-state index contributed by atoms with van der Waals surface area (Å²) >= 11 is 0. The number of aliphatic hydroxyl groups excluding tert-OH is 1. The molecule has 1 aromatic carbocycles. The van der Waals surface area contributed by atoms with Gasteiger partial charge in [0.05, 0.1) is 13.7 Å². The first-order valence-electron chi connectivity index (χ1n) is 9.49. The molecule has 9 nitrogen and oxygen atoms in total. The number of urea groups is 1. The number of nitrogens with one attached hydrogen (secondary N) is 2. The van der Waals surface area contributed by atoms with Gasteiger partial charge in [-0.05, 0) is 30.7 Å². The van der Waals surface area contributed by atoms with Gasteiger partial charge in [-0.2, -0.15) is 0 Å². The van der Waals surface area contributed by atoms with Gasteiger partial charge in [0.2, 0.25) is 0 Å². The number of nitrogens with zero attached hydrogens (tertiary/aromatic N) is 2. The number of furan rings is 1. The number of methoxy groups -OCH3 is 1. The number of hydrogen-bond donors (Lipinski definition) is 3. The number of fused-ring (bicyclic) bond motifs is 2. The molecule has 0 aliphatic carbocycles. The summed E-state index contributed by atoms with van der Waals surface area (Å²) in [6.45, 7) is 2.22. The van der Waals surface area contributed by atoms with Crippen LogP contribution in [-0.2, 0) is 12.1 Å². The number of amides is 3. The van der Waals surface area contributed by atoms with Crippen LogP contribution in [0.3, 0.4) is 0 Å². The van der Waals surface area contributed by atoms with Crippen LogP contribution in [0.4, 0.5) is 4.79 Å². The van der Waals surface area contributed by atoms with Crippen LogP contribution < -0.4 is 15.4 Å². The summed E-state index contributed by atoms with van der Waals surface area (Å²) in [6, 6.07) is 8.32. The maximum absolute atomic E-state index is 13.0. The quantitative estimate of drug-likeness (QED) is 0.604. The molecule has 9 heteroatoms. The zero-order chi connectivity index (χ0) is 21.0. The lowest BCUT2D eigenvalue weighted by Crippen LogP contribution is -2.54. The molecule has 0 radical (unpaired) electrons. The van der Waals surface area contributed by atoms with Gasteiger partial charge in [0, 0.05) is 35.5 Å². The normalized spacial score (nSPS) is 22.9. The highest BCUT2D eigenvalue weighted by Crippen LogP contribution is 2.36. The summed E-state index contributed by atoms with van der Waals surface area (Å²) < 4.78 is 11.2. The Morgan fingerprint density at radius 2 is 2.17 bits per heavy atom. The van der Waals surface area contributed by atoms with Crippen molar-refractivity contribution in [3.05, 3.63) is 59.1 Å². The van der Waals surface area contributed by atoms with Crippen molar-refractivity contribution in [2.45, 2.75) is 25.2 Å². The van der Waals surface area contributed by atoms with Gasteiger partial charge in [-0.15, -0.1) is 0 Å². The first-order valence-corrected chi connectivity index (χ1v) is 9.49. The maximum Gasteiger partial charge on any atom is 0.317 e. The predicted molar refractivity (Wildman–Crippen MR) is 106 cm³/mol. The number of benzene rings is 1. The summed E-state index contributed by atoms with van der Waals surface area (Å²) in [5, 5.41) is 16.7. The van der Waals surface area contributed by atoms with E-state index in [2.05, 4.69) is 15.6 Å². The molecule has 0 saturated carbocycles. The van der Waals surface area contributed by atoms with Crippen molar-refractivity contribution < 1.29 is 23.8 Å². The third-order valence-electron chi connectivity index (χ3n) is 5.69. The average molecular weight is 408 g/mol. The molecule has 2 aromatic heterocycles. The Kier molecular flexibility index (Phi) is 3.97. The predicted octanol–water partition coefficient (Wildman–Crippen LogP) is 1.63. The van der Waals surface area contributed by atoms with Crippen LogP contribution in [0, 0.1) is 6.92 Å². The molecule has 4 heterocycles. The summed E-state index contributed by atoms with van der Waals surface area (Å²) in [4.78, 5) is 31.0. The minimum absolute atomic E-state index is 0.0228. The van der Waals surface area contributed by atoms with Gasteiger partial charge in [-0.1, -0.05) is 6.07 Å². The van der Waals surface area contributed by atoms with Crippen molar-refractivity contribution in [1.29, 1.82) is 0 Å². The topological polar surface area (TPSA) is 117 Å². The molecular formula is C21H20N4O5. The van der Waals surface area contributed by atoms with Crippen LogP contribution in [0.15, 0.2) is 40.9 Å². The van der Waals surface area contributed by atoms with Crippen molar-refractivity contribution in [3.63, 3.8) is 0 Å². The Labute approximate surface area is 171 Å². The molecule has 2 aliphatic rings. The first-order chi connectivity index (χ1) is 14.4. The van der Waals surface area contributed by atoms with Crippen LogP contribution in [0.2, 0.25) is 0 Å². The lowest BCUT2D eigenvalue weighted by Gasteiger charge is -2.33. The smallest absolute Gasteiger partial charge is 0.317 e. The summed E-state index contributed by atoms with van der Waals surface area (Å²) in [7, 11) is 1.54. The zero-order valence-electron chi connectivity index (χ0n) is 16.4. The fourth-order valence-electron chi connectivity index (χ4n) is 4.10. The molecule has 3 amide bonds. The zero-order valence-corrected chi connectivity index (χ0v) is 16.4. The largest absolute Gasteiger partial charge is 0.497 e. The van der Waals surface area contributed by atoms with Crippen molar-refractivity contribution in [3.8, 4) is 5.75 Å². The van der Waals surface area contributed by atoms with Gasteiger partial charge < -0.3 is 29.8 Å². The highest BCUT2D eigenvalue weighted by molar-refractivity contribution is 5.99. The van der Waals surface area contributed by atoms with E-state index in [4.69, 9.17) is 9.15 Å². The van der Waals surface area contributed by atoms with Crippen LogP contribution in [0.1, 0.15) is 27.4 Å². The lowest BCUT2D eigenvalue weighted by molar-refractivity contribution is 0.0353. The molecule has 2 aliphatic heterocycles. The highest BCUT2D eigenvalue weighted by atomic mass is 16.5. The number of hydrogen-bond acceptors (Lipinski definition) is 6. The second-order valence-electron chi connectivity index (χ2n) is 7.63. The Morgan fingerprint density at radius 1 is 1.33 bits per heavy atom. The molecule has 30 heavy (non-hydrogen) atoms. The maximum atomic E-state index is 13.0. The molecule has 1 fully saturated rings. The van der Waals surface area contributed by atoms with Gasteiger partial charge in [0.25, 0.3) is 5.91 Å². The summed E-state index contributed by atoms with van der Waals surface area (Å²) in [5.41, 5.74) is 1.43. The van der Waals surface area contributed by atoms with E-state index in [1.165, 1.54) is 0 Å². The van der Waals surface area contributed by atoms with Crippen molar-refractivity contribution in [2.75, 3.05) is 13.7 Å². The number of carbonyl (C=O) groups excluding carboxylic acids is 2. The molecule has 154 valence electrons. The minimum atomic E-state index is -1.34. The molecular weight excluding hydrogens is 388 g/mol. The third kappa shape index (κ3) is 2.70. The molecule has 3 N–H and O–H groups in total. The molecule has 2 unspecified atom stereocenters. The summed E-state index contributed by atoms with van der Waals surface area (Å²) in [5.74, 6) is 0.733. The van der Waals surface area contributed by atoms with E-state index in [-0.39, 0.29) is 12.5 Å². The third-order valence-corrected chi connectivity index (χ3v) is 5.69. The Bertz CT molecular complexity index is 1190. The van der Waals surface area contributed by atoms with Crippen molar-refractivity contribution >= 4 is 22.9 Å². The van der Waals surface area contributed by atoms with E-state index in [0.29, 0.717) is 29.2 Å². The van der Waals surface area contributed by atoms with E-state index in [9.17, 15) is 14.7 Å². The number of pyridine rings is 1. The Hall–Kier alpha value is -3.59. The molecule has 0 bridgehead atoms. The van der Waals surface area contributed by atoms with E-state index >= 15 is 0 Å². The van der Waals surface area contributed by atoms with Crippen LogP contribution in [0.5, 0.6) is 5.75 Å². The monoisotopic (exact) mass is 408 g/mol. The molecule has 2 atom stereocenters. The Morgan fingerprint density at radius 3 is 2.90 bits per heavy atom. The number of aliphatic hydroxyl groups is 1. The van der Waals surface area contributed by atoms with E-state index in [0.717, 1.165) is 16.6 Å². The minimum Gasteiger partial charge on any atom is -0.497 e. The van der Waals surface area contributed by atoms with E-state index in [1.54, 1.807) is 42.5 Å². The van der Waals surface area contributed by atoms with Gasteiger partial charge in [-0.3, -0.25) is 9.78 Å². The van der Waals surface area contributed by atoms with E-state index in [1.807, 2.05) is 13.0 Å². The standard InChI is InChI=1S/C21H20N4O5/c1-11-5-16-13(8-22-11)6-17(30-16)21(19(27)23-20(28)24-21)10-25-9-12-3-4-14(29-2)7-15(12)18(25)26/h3-8,19,27H,9-10H2,1-2H3,(H2,23,24,28). The molecule has 0 spiro atoms. The lowest BCUT2D eigenvalue weighted by atomic mass is 9.94. The Balaban J connectivity index is 1.54. The number of rotatable bonds is 4. The van der Waals surface area contributed by atoms with Gasteiger partial charge in [0.15, 0.2) is 11.8 Å². The summed E-state index contributed by atoms with van der Waals surface area (Å²) in [6.07, 6.45) is 0.385. The van der Waals surface area contributed by atoms with Crippen LogP contribution in [-0.4, -0.2) is 46.8 Å². The highest BCUT2D eigenvalue weighted by Gasteiger charge is 2.52. The number of aromatic nitrogens is 1. The molecule has 1 saturated heterocycles. The van der Waals surface area contributed by atoms with Crippen molar-refractivity contribution in [1.82, 2.24) is 20.5 Å². The fraction of sp³-hybridized carbons (Fsp3) is 0.286. The fourth-order valence-corrected chi connectivity index (χ4v) is 4.10. The second kappa shape index (κ2) is 6.46. The number of ether oxygens (including phenoxy) is 1. The molecule has 3 aromatic rings. The SMILES string of the molecule is COc1ccc2c(c1)C(=O)N(CC1(c3cc4cnc(C)cc4o3)NC(=O)NC1O)C2. The van der Waals surface area contributed by atoms with Crippen LogP contribution >= 0.6 is 0 Å². The average Bonchev–Trinajstić information content (AvgIpc) is 3.36. The van der Waals surface area contributed by atoms with Crippen molar-refractivity contribution in [2.24, 2.45) is 0 Å². The van der Waals surface area contributed by atoms with Crippen LogP contribution in [0.25, 0.3) is 11.0 Å².